The highest BCUT2D eigenvalue weighted by molar-refractivity contribution is 5.80. The standard InChI is InChI=1S/C18H20FNO2/c1-13(16-8-10-17(19)11-9-16)20-18(21)14(2)22-12-15-6-4-3-5-7-15/h3-11,13-14H,12H2,1-2H3,(H,20,21)/t13-,14+/m0/s1. The van der Waals surface area contributed by atoms with Crippen molar-refractivity contribution in [3.05, 3.63) is 71.5 Å². The number of halogens is 1. The molecule has 1 amide bonds. The summed E-state index contributed by atoms with van der Waals surface area (Å²) >= 11 is 0. The molecule has 2 aromatic rings. The molecule has 0 aliphatic rings. The van der Waals surface area contributed by atoms with Crippen LogP contribution >= 0.6 is 0 Å². The fourth-order valence-electron chi connectivity index (χ4n) is 2.04. The molecule has 22 heavy (non-hydrogen) atoms. The monoisotopic (exact) mass is 301 g/mol. The summed E-state index contributed by atoms with van der Waals surface area (Å²) in [6.07, 6.45) is -0.553. The Morgan fingerprint density at radius 3 is 2.36 bits per heavy atom. The molecule has 1 N–H and O–H groups in total. The van der Waals surface area contributed by atoms with Crippen LogP contribution < -0.4 is 5.32 Å². The molecule has 4 heteroatoms. The molecule has 0 saturated carbocycles. The van der Waals surface area contributed by atoms with Gasteiger partial charge in [-0.1, -0.05) is 42.5 Å². The van der Waals surface area contributed by atoms with Gasteiger partial charge in [-0.3, -0.25) is 4.79 Å². The molecule has 0 saturated heterocycles. The third-order valence-corrected chi connectivity index (χ3v) is 3.44. The Hall–Kier alpha value is -2.20. The molecule has 2 aromatic carbocycles. The van der Waals surface area contributed by atoms with E-state index in [1.165, 1.54) is 12.1 Å². The minimum atomic E-state index is -0.553. The molecule has 0 radical (unpaired) electrons. The van der Waals surface area contributed by atoms with Gasteiger partial charge in [-0.2, -0.15) is 0 Å². The van der Waals surface area contributed by atoms with Crippen LogP contribution in [0, 0.1) is 5.82 Å². The molecule has 0 unspecified atom stereocenters. The van der Waals surface area contributed by atoms with E-state index in [0.29, 0.717) is 6.61 Å². The smallest absolute Gasteiger partial charge is 0.249 e. The second-order valence-electron chi connectivity index (χ2n) is 5.22. The zero-order valence-corrected chi connectivity index (χ0v) is 12.8. The van der Waals surface area contributed by atoms with E-state index in [4.69, 9.17) is 4.74 Å². The topological polar surface area (TPSA) is 38.3 Å². The molecule has 3 nitrogen and oxygen atoms in total. The Morgan fingerprint density at radius 2 is 1.73 bits per heavy atom. The van der Waals surface area contributed by atoms with Crippen LogP contribution in [0.5, 0.6) is 0 Å². The normalized spacial score (nSPS) is 13.4. The van der Waals surface area contributed by atoms with Gasteiger partial charge in [0.05, 0.1) is 12.6 Å². The van der Waals surface area contributed by atoms with Crippen LogP contribution in [0.3, 0.4) is 0 Å². The molecule has 2 rings (SSSR count). The van der Waals surface area contributed by atoms with Gasteiger partial charge in [0, 0.05) is 0 Å². The Balaban J connectivity index is 1.84. The summed E-state index contributed by atoms with van der Waals surface area (Å²) in [6, 6.07) is 15.6. The van der Waals surface area contributed by atoms with Gasteiger partial charge in [-0.15, -0.1) is 0 Å². The number of hydrogen-bond donors (Lipinski definition) is 1. The minimum absolute atomic E-state index is 0.187. The van der Waals surface area contributed by atoms with E-state index in [0.717, 1.165) is 11.1 Å². The SMILES string of the molecule is C[C@H](NC(=O)[C@@H](C)OCc1ccccc1)c1ccc(F)cc1. The number of ether oxygens (including phenoxy) is 1. The predicted octanol–water partition coefficient (Wildman–Crippen LogP) is 3.61. The molecule has 0 fully saturated rings. The van der Waals surface area contributed by atoms with Crippen LogP contribution in [0.1, 0.15) is 31.0 Å². The quantitative estimate of drug-likeness (QED) is 0.885. The first-order chi connectivity index (χ1) is 10.6. The van der Waals surface area contributed by atoms with Crippen LogP contribution in [-0.4, -0.2) is 12.0 Å². The van der Waals surface area contributed by atoms with Gasteiger partial charge in [-0.05, 0) is 37.1 Å². The number of hydrogen-bond acceptors (Lipinski definition) is 2. The number of benzene rings is 2. The fraction of sp³-hybridized carbons (Fsp3) is 0.278. The van der Waals surface area contributed by atoms with Crippen molar-refractivity contribution >= 4 is 5.91 Å². The summed E-state index contributed by atoms with van der Waals surface area (Å²) in [5.74, 6) is -0.477. The molecule has 0 aromatic heterocycles. The first-order valence-electron chi connectivity index (χ1n) is 7.27. The van der Waals surface area contributed by atoms with E-state index in [-0.39, 0.29) is 17.8 Å². The molecular formula is C18H20FNO2. The zero-order chi connectivity index (χ0) is 15.9. The Kier molecular flexibility index (Phi) is 5.67. The maximum Gasteiger partial charge on any atom is 0.249 e. The largest absolute Gasteiger partial charge is 0.364 e. The highest BCUT2D eigenvalue weighted by Crippen LogP contribution is 2.13. The van der Waals surface area contributed by atoms with Crippen LogP contribution in [0.25, 0.3) is 0 Å². The lowest BCUT2D eigenvalue weighted by atomic mass is 10.1. The number of carbonyl (C=O) groups excluding carboxylic acids is 1. The molecule has 0 heterocycles. The number of nitrogens with one attached hydrogen (secondary N) is 1. The maximum absolute atomic E-state index is 12.9. The summed E-state index contributed by atoms with van der Waals surface area (Å²) in [6.45, 7) is 3.96. The lowest BCUT2D eigenvalue weighted by Gasteiger charge is -2.18. The van der Waals surface area contributed by atoms with Crippen LogP contribution in [0.4, 0.5) is 4.39 Å². The minimum Gasteiger partial charge on any atom is -0.364 e. The van der Waals surface area contributed by atoms with Crippen molar-refractivity contribution < 1.29 is 13.9 Å². The summed E-state index contributed by atoms with van der Waals surface area (Å²) in [5.41, 5.74) is 1.87. The summed E-state index contributed by atoms with van der Waals surface area (Å²) < 4.78 is 18.5. The molecule has 0 aliphatic carbocycles. The molecule has 0 spiro atoms. The summed E-state index contributed by atoms with van der Waals surface area (Å²) in [4.78, 5) is 12.1. The molecule has 116 valence electrons. The summed E-state index contributed by atoms with van der Waals surface area (Å²) in [5, 5.41) is 2.87. The van der Waals surface area contributed by atoms with Gasteiger partial charge in [0.1, 0.15) is 11.9 Å². The Morgan fingerprint density at radius 1 is 1.09 bits per heavy atom. The van der Waals surface area contributed by atoms with Crippen molar-refractivity contribution in [1.29, 1.82) is 0 Å². The molecule has 0 bridgehead atoms. The van der Waals surface area contributed by atoms with Crippen LogP contribution in [0.15, 0.2) is 54.6 Å². The Labute approximate surface area is 130 Å². The highest BCUT2D eigenvalue weighted by atomic mass is 19.1. The summed E-state index contributed by atoms with van der Waals surface area (Å²) in [7, 11) is 0. The molecule has 2 atom stereocenters. The van der Waals surface area contributed by atoms with Gasteiger partial charge >= 0.3 is 0 Å². The highest BCUT2D eigenvalue weighted by Gasteiger charge is 2.16. The first-order valence-corrected chi connectivity index (χ1v) is 7.27. The van der Waals surface area contributed by atoms with E-state index >= 15 is 0 Å². The van der Waals surface area contributed by atoms with Crippen molar-refractivity contribution in [2.24, 2.45) is 0 Å². The van der Waals surface area contributed by atoms with Crippen molar-refractivity contribution in [2.45, 2.75) is 32.6 Å². The third-order valence-electron chi connectivity index (χ3n) is 3.44. The van der Waals surface area contributed by atoms with E-state index in [9.17, 15) is 9.18 Å². The van der Waals surface area contributed by atoms with Gasteiger partial charge in [0.15, 0.2) is 0 Å². The van der Waals surface area contributed by atoms with Crippen LogP contribution in [0.2, 0.25) is 0 Å². The third kappa shape index (κ3) is 4.67. The number of rotatable bonds is 6. The molecule has 0 aliphatic heterocycles. The van der Waals surface area contributed by atoms with Gasteiger partial charge in [0.2, 0.25) is 5.91 Å². The van der Waals surface area contributed by atoms with Gasteiger partial charge < -0.3 is 10.1 Å². The zero-order valence-electron chi connectivity index (χ0n) is 12.8. The van der Waals surface area contributed by atoms with E-state index in [1.54, 1.807) is 19.1 Å². The molecular weight excluding hydrogens is 281 g/mol. The predicted molar refractivity (Wildman–Crippen MR) is 83.7 cm³/mol. The van der Waals surface area contributed by atoms with Crippen molar-refractivity contribution in [3.63, 3.8) is 0 Å². The first kappa shape index (κ1) is 16.2. The van der Waals surface area contributed by atoms with Crippen molar-refractivity contribution in [1.82, 2.24) is 5.32 Å². The number of amides is 1. The maximum atomic E-state index is 12.9. The van der Waals surface area contributed by atoms with Crippen LogP contribution in [-0.2, 0) is 16.1 Å². The van der Waals surface area contributed by atoms with Crippen molar-refractivity contribution in [3.8, 4) is 0 Å². The Bertz CT molecular complexity index is 598. The average molecular weight is 301 g/mol. The van der Waals surface area contributed by atoms with Crippen molar-refractivity contribution in [2.75, 3.05) is 0 Å². The van der Waals surface area contributed by atoms with Gasteiger partial charge in [-0.25, -0.2) is 4.39 Å². The second kappa shape index (κ2) is 7.71. The average Bonchev–Trinajstić information content (AvgIpc) is 2.54. The number of carbonyl (C=O) groups is 1. The van der Waals surface area contributed by atoms with E-state index < -0.39 is 6.10 Å². The lowest BCUT2D eigenvalue weighted by Crippen LogP contribution is -2.36. The fourth-order valence-corrected chi connectivity index (χ4v) is 2.04. The van der Waals surface area contributed by atoms with E-state index in [2.05, 4.69) is 5.32 Å². The van der Waals surface area contributed by atoms with Gasteiger partial charge in [0.25, 0.3) is 0 Å². The van der Waals surface area contributed by atoms with E-state index in [1.807, 2.05) is 37.3 Å². The second-order valence-corrected chi connectivity index (χ2v) is 5.22. The lowest BCUT2D eigenvalue weighted by molar-refractivity contribution is -0.133.